The molecule has 4 N–H and O–H groups in total. The molecule has 1 saturated carbocycles. The third-order valence-electron chi connectivity index (χ3n) is 5.74. The highest BCUT2D eigenvalue weighted by molar-refractivity contribution is 5.80. The molecule has 1 fully saturated rings. The van der Waals surface area contributed by atoms with Gasteiger partial charge in [-0.15, -0.1) is 0 Å². The van der Waals surface area contributed by atoms with E-state index in [1.54, 1.807) is 31.3 Å². The number of hydrogen-bond acceptors (Lipinski definition) is 7. The molecule has 0 aliphatic heterocycles. The molecule has 10 nitrogen and oxygen atoms in total. The minimum atomic E-state index is -1.19. The highest BCUT2D eigenvalue weighted by Gasteiger charge is 2.26. The van der Waals surface area contributed by atoms with Crippen LogP contribution in [-0.4, -0.2) is 45.7 Å². The molecule has 2 heterocycles. The second-order valence-electron chi connectivity index (χ2n) is 8.35. The molecule has 0 bridgehead atoms. The van der Waals surface area contributed by atoms with Gasteiger partial charge >= 0.3 is 6.09 Å². The monoisotopic (exact) mass is 459 g/mol. The van der Waals surface area contributed by atoms with E-state index in [1.807, 2.05) is 12.1 Å². The number of amides is 2. The number of hydrazine groups is 1. The first-order valence-corrected chi connectivity index (χ1v) is 11.0. The Morgan fingerprint density at radius 3 is 2.61 bits per heavy atom. The first kappa shape index (κ1) is 24.1. The summed E-state index contributed by atoms with van der Waals surface area (Å²) in [6.07, 6.45) is 6.98. The molecule has 1 aliphatic carbocycles. The molecule has 11 heteroatoms. The SMILES string of the molecule is Cc1nc(NNC(=O)[C@@H](CNC(=O)O)CC2CCCC2)c(F)c(N(C)Cc2ccncc2)n1. The van der Waals surface area contributed by atoms with Crippen molar-refractivity contribution in [3.63, 3.8) is 0 Å². The van der Waals surface area contributed by atoms with E-state index in [2.05, 4.69) is 31.1 Å². The number of pyridine rings is 1. The standard InChI is InChI=1S/C22H30FN7O3/c1-14-26-19(18(23)20(27-14)30(2)13-16-7-9-24-10-8-16)28-29-21(31)17(12-25-22(32)33)11-15-5-3-4-6-15/h7-10,15,17,25H,3-6,11-13H2,1-2H3,(H,29,31)(H,32,33)(H,26,27,28)/t17-/m1/s1. The lowest BCUT2D eigenvalue weighted by atomic mass is 9.92. The van der Waals surface area contributed by atoms with Crippen LogP contribution >= 0.6 is 0 Å². The predicted molar refractivity (Wildman–Crippen MR) is 121 cm³/mol. The summed E-state index contributed by atoms with van der Waals surface area (Å²) in [7, 11) is 1.71. The maximum absolute atomic E-state index is 15.2. The first-order valence-electron chi connectivity index (χ1n) is 11.0. The van der Waals surface area contributed by atoms with Gasteiger partial charge in [0.25, 0.3) is 0 Å². The summed E-state index contributed by atoms with van der Waals surface area (Å²) < 4.78 is 15.2. The number of nitrogens with one attached hydrogen (secondary N) is 3. The minimum Gasteiger partial charge on any atom is -0.465 e. The van der Waals surface area contributed by atoms with Crippen molar-refractivity contribution in [2.75, 3.05) is 23.9 Å². The highest BCUT2D eigenvalue weighted by atomic mass is 19.1. The summed E-state index contributed by atoms with van der Waals surface area (Å²) in [5, 5.41) is 11.2. The average Bonchev–Trinajstić information content (AvgIpc) is 3.30. The second-order valence-corrected chi connectivity index (χ2v) is 8.35. The van der Waals surface area contributed by atoms with Gasteiger partial charge in [0.1, 0.15) is 5.82 Å². The van der Waals surface area contributed by atoms with Crippen LogP contribution in [-0.2, 0) is 11.3 Å². The van der Waals surface area contributed by atoms with Crippen LogP contribution in [0, 0.1) is 24.6 Å². The van der Waals surface area contributed by atoms with E-state index in [9.17, 15) is 9.59 Å². The van der Waals surface area contributed by atoms with E-state index in [-0.39, 0.29) is 18.2 Å². The van der Waals surface area contributed by atoms with Crippen molar-refractivity contribution >= 4 is 23.6 Å². The topological polar surface area (TPSA) is 132 Å². The van der Waals surface area contributed by atoms with Crippen LogP contribution in [0.2, 0.25) is 0 Å². The zero-order valence-corrected chi connectivity index (χ0v) is 18.8. The molecule has 1 atom stereocenters. The summed E-state index contributed by atoms with van der Waals surface area (Å²) in [5.41, 5.74) is 6.01. The number of aromatic nitrogens is 3. The van der Waals surface area contributed by atoms with E-state index >= 15 is 4.39 Å². The molecule has 0 radical (unpaired) electrons. The van der Waals surface area contributed by atoms with Crippen LogP contribution in [0.1, 0.15) is 43.5 Å². The second kappa shape index (κ2) is 11.4. The number of anilines is 2. The number of carbonyl (C=O) groups is 2. The van der Waals surface area contributed by atoms with E-state index in [1.165, 1.54) is 0 Å². The van der Waals surface area contributed by atoms with Crippen LogP contribution in [0.25, 0.3) is 0 Å². The number of carboxylic acid groups (broad SMARTS) is 1. The largest absolute Gasteiger partial charge is 0.465 e. The normalized spacial score (nSPS) is 14.5. The lowest BCUT2D eigenvalue weighted by Gasteiger charge is -2.22. The Morgan fingerprint density at radius 2 is 1.94 bits per heavy atom. The Kier molecular flexibility index (Phi) is 8.34. The number of rotatable bonds is 10. The van der Waals surface area contributed by atoms with Crippen LogP contribution in [0.15, 0.2) is 24.5 Å². The van der Waals surface area contributed by atoms with Gasteiger partial charge in [-0.25, -0.2) is 14.8 Å². The Balaban J connectivity index is 1.68. The molecule has 178 valence electrons. The van der Waals surface area contributed by atoms with Gasteiger partial charge in [0.15, 0.2) is 11.6 Å². The number of carbonyl (C=O) groups excluding carboxylic acids is 1. The molecule has 0 spiro atoms. The van der Waals surface area contributed by atoms with Gasteiger partial charge in [-0.05, 0) is 37.0 Å². The van der Waals surface area contributed by atoms with E-state index in [0.717, 1.165) is 31.2 Å². The van der Waals surface area contributed by atoms with Gasteiger partial charge in [0.05, 0.1) is 5.92 Å². The molecular formula is C22H30FN7O3. The molecule has 0 aromatic carbocycles. The fraction of sp³-hybridized carbons (Fsp3) is 0.500. The van der Waals surface area contributed by atoms with Gasteiger partial charge < -0.3 is 15.3 Å². The first-order chi connectivity index (χ1) is 15.8. The van der Waals surface area contributed by atoms with E-state index in [4.69, 9.17) is 5.11 Å². The number of halogens is 1. The Labute approximate surface area is 192 Å². The van der Waals surface area contributed by atoms with Crippen LogP contribution in [0.5, 0.6) is 0 Å². The van der Waals surface area contributed by atoms with Gasteiger partial charge in [-0.3, -0.25) is 20.6 Å². The fourth-order valence-electron chi connectivity index (χ4n) is 4.08. The zero-order chi connectivity index (χ0) is 23.8. The molecule has 3 rings (SSSR count). The third-order valence-corrected chi connectivity index (χ3v) is 5.74. The van der Waals surface area contributed by atoms with Crippen molar-refractivity contribution in [3.8, 4) is 0 Å². The maximum Gasteiger partial charge on any atom is 0.404 e. The lowest BCUT2D eigenvalue weighted by molar-refractivity contribution is -0.124. The van der Waals surface area contributed by atoms with Gasteiger partial charge in [0, 0.05) is 32.5 Å². The molecule has 2 aromatic heterocycles. The average molecular weight is 460 g/mol. The summed E-state index contributed by atoms with van der Waals surface area (Å²) >= 11 is 0. The molecule has 1 aliphatic rings. The third kappa shape index (κ3) is 6.99. The maximum atomic E-state index is 15.2. The molecule has 2 amide bonds. The van der Waals surface area contributed by atoms with Crippen molar-refractivity contribution in [1.82, 2.24) is 25.7 Å². The van der Waals surface area contributed by atoms with Crippen LogP contribution in [0.3, 0.4) is 0 Å². The molecule has 33 heavy (non-hydrogen) atoms. The zero-order valence-electron chi connectivity index (χ0n) is 18.8. The summed E-state index contributed by atoms with van der Waals surface area (Å²) in [5.74, 6) is -1.05. The number of hydrogen-bond donors (Lipinski definition) is 4. The molecule has 2 aromatic rings. The smallest absolute Gasteiger partial charge is 0.404 e. The Hall–Kier alpha value is -3.50. The van der Waals surface area contributed by atoms with E-state index < -0.39 is 23.7 Å². The molecule has 0 unspecified atom stereocenters. The van der Waals surface area contributed by atoms with Crippen molar-refractivity contribution in [2.45, 2.75) is 45.6 Å². The summed E-state index contributed by atoms with van der Waals surface area (Å²) in [4.78, 5) is 37.6. The number of nitrogens with zero attached hydrogens (tertiary/aromatic N) is 4. The van der Waals surface area contributed by atoms with Gasteiger partial charge in [-0.2, -0.15) is 4.39 Å². The van der Waals surface area contributed by atoms with Crippen molar-refractivity contribution in [1.29, 1.82) is 0 Å². The molecular weight excluding hydrogens is 429 g/mol. The van der Waals surface area contributed by atoms with Crippen molar-refractivity contribution in [2.24, 2.45) is 11.8 Å². The minimum absolute atomic E-state index is 0.00937. The fourth-order valence-corrected chi connectivity index (χ4v) is 4.08. The Bertz CT molecular complexity index is 955. The highest BCUT2D eigenvalue weighted by Crippen LogP contribution is 2.30. The summed E-state index contributed by atoms with van der Waals surface area (Å²) in [6.45, 7) is 2.03. The lowest BCUT2D eigenvalue weighted by Crippen LogP contribution is -2.42. The van der Waals surface area contributed by atoms with Crippen LogP contribution < -0.4 is 21.1 Å². The number of aryl methyl sites for hydroxylation is 1. The van der Waals surface area contributed by atoms with Gasteiger partial charge in [-0.1, -0.05) is 25.7 Å². The van der Waals surface area contributed by atoms with Gasteiger partial charge in [0.2, 0.25) is 11.7 Å². The summed E-state index contributed by atoms with van der Waals surface area (Å²) in [6, 6.07) is 3.66. The Morgan fingerprint density at radius 1 is 1.24 bits per heavy atom. The van der Waals surface area contributed by atoms with Crippen LogP contribution in [0.4, 0.5) is 20.8 Å². The quantitative estimate of drug-likeness (QED) is 0.399. The van der Waals surface area contributed by atoms with E-state index in [0.29, 0.717) is 24.7 Å². The van der Waals surface area contributed by atoms with Crippen molar-refractivity contribution in [3.05, 3.63) is 41.7 Å². The predicted octanol–water partition coefficient (Wildman–Crippen LogP) is 2.86. The molecule has 0 saturated heterocycles. The van der Waals surface area contributed by atoms with Crippen molar-refractivity contribution < 1.29 is 19.1 Å².